The minimum atomic E-state index is -0.356. The summed E-state index contributed by atoms with van der Waals surface area (Å²) >= 11 is 0. The second-order valence-electron chi connectivity index (χ2n) is 8.87. The largest absolute Gasteiger partial charge is 0.330 e. The lowest BCUT2D eigenvalue weighted by molar-refractivity contribution is 0.0613. The minimum absolute atomic E-state index is 0.0420. The van der Waals surface area contributed by atoms with Crippen molar-refractivity contribution in [3.05, 3.63) is 98.7 Å². The van der Waals surface area contributed by atoms with E-state index in [1.54, 1.807) is 6.92 Å². The molecule has 0 spiro atoms. The molecule has 174 valence electrons. The summed E-state index contributed by atoms with van der Waals surface area (Å²) in [5.41, 5.74) is 9.66. The lowest BCUT2D eigenvalue weighted by atomic mass is 9.92. The van der Waals surface area contributed by atoms with Gasteiger partial charge < -0.3 is 15.6 Å². The molecule has 0 saturated carbocycles. The Bertz CT molecular complexity index is 1120. The van der Waals surface area contributed by atoms with E-state index >= 15 is 0 Å². The maximum Gasteiger partial charge on any atom is 0.254 e. The molecule has 3 N–H and O–H groups in total. The molecule has 1 heterocycles. The van der Waals surface area contributed by atoms with Gasteiger partial charge in [0.05, 0.1) is 11.7 Å². The number of hydrogen-bond donors (Lipinski definition) is 2. The molecule has 6 nitrogen and oxygen atoms in total. The van der Waals surface area contributed by atoms with Gasteiger partial charge in [-0.25, -0.2) is 4.98 Å². The smallest absolute Gasteiger partial charge is 0.254 e. The third kappa shape index (κ3) is 5.96. The number of rotatable bonds is 9. The Morgan fingerprint density at radius 3 is 2.33 bits per heavy atom. The van der Waals surface area contributed by atoms with Crippen LogP contribution in [0.15, 0.2) is 59.4 Å². The third-order valence-corrected chi connectivity index (χ3v) is 5.80. The van der Waals surface area contributed by atoms with E-state index in [4.69, 9.17) is 10.7 Å². The highest BCUT2D eigenvalue weighted by Gasteiger charge is 2.32. The molecule has 3 rings (SSSR count). The molecule has 0 aliphatic heterocycles. The highest BCUT2D eigenvalue weighted by Crippen LogP contribution is 2.31. The second-order valence-corrected chi connectivity index (χ2v) is 8.87. The Labute approximate surface area is 195 Å². The van der Waals surface area contributed by atoms with Crippen LogP contribution in [0.4, 0.5) is 0 Å². The number of aromatic nitrogens is 2. The molecule has 1 amide bonds. The van der Waals surface area contributed by atoms with Crippen LogP contribution < -0.4 is 11.3 Å². The van der Waals surface area contributed by atoms with Crippen LogP contribution >= 0.6 is 0 Å². The van der Waals surface area contributed by atoms with Gasteiger partial charge in [-0.15, -0.1) is 0 Å². The predicted molar refractivity (Wildman–Crippen MR) is 132 cm³/mol. The molecule has 2 aromatic carbocycles. The van der Waals surface area contributed by atoms with Crippen LogP contribution in [0.5, 0.6) is 0 Å². The van der Waals surface area contributed by atoms with Crippen LogP contribution in [0.1, 0.15) is 64.9 Å². The van der Waals surface area contributed by atoms with Crippen molar-refractivity contribution in [3.63, 3.8) is 0 Å². The fourth-order valence-corrected chi connectivity index (χ4v) is 4.16. The minimum Gasteiger partial charge on any atom is -0.330 e. The fourth-order valence-electron chi connectivity index (χ4n) is 4.16. The maximum absolute atomic E-state index is 13.7. The molecule has 3 aromatic rings. The summed E-state index contributed by atoms with van der Waals surface area (Å²) in [5.74, 6) is 0.506. The van der Waals surface area contributed by atoms with E-state index in [9.17, 15) is 9.59 Å². The van der Waals surface area contributed by atoms with Crippen molar-refractivity contribution in [2.45, 2.75) is 46.6 Å². The number of nitrogens with one attached hydrogen (secondary N) is 1. The Balaban J connectivity index is 2.12. The van der Waals surface area contributed by atoms with Crippen molar-refractivity contribution in [2.24, 2.45) is 11.7 Å². The van der Waals surface area contributed by atoms with Crippen LogP contribution in [0, 0.1) is 19.8 Å². The van der Waals surface area contributed by atoms with E-state index in [0.29, 0.717) is 48.6 Å². The summed E-state index contributed by atoms with van der Waals surface area (Å²) in [6.07, 6.45) is 1.11. The number of amides is 1. The fraction of sp³-hybridized carbons (Fsp3) is 0.370. The van der Waals surface area contributed by atoms with Crippen LogP contribution in [-0.4, -0.2) is 33.9 Å². The number of aromatic amines is 1. The lowest BCUT2D eigenvalue weighted by Gasteiger charge is -2.35. The Morgan fingerprint density at radius 1 is 1.06 bits per heavy atom. The van der Waals surface area contributed by atoms with Crippen molar-refractivity contribution in [3.8, 4) is 0 Å². The van der Waals surface area contributed by atoms with Crippen LogP contribution in [0.2, 0.25) is 0 Å². The molecule has 33 heavy (non-hydrogen) atoms. The zero-order chi connectivity index (χ0) is 24.0. The van der Waals surface area contributed by atoms with Crippen molar-refractivity contribution in [1.82, 2.24) is 14.9 Å². The molecule has 0 aliphatic rings. The number of carbonyl (C=O) groups is 1. The number of aryl methyl sites for hydroxylation is 2. The highest BCUT2D eigenvalue weighted by molar-refractivity contribution is 5.94. The van der Waals surface area contributed by atoms with Gasteiger partial charge in [0.15, 0.2) is 0 Å². The normalized spacial score (nSPS) is 12.1. The van der Waals surface area contributed by atoms with Crippen molar-refractivity contribution < 1.29 is 4.79 Å². The van der Waals surface area contributed by atoms with Crippen molar-refractivity contribution in [2.75, 3.05) is 13.1 Å². The molecule has 6 heteroatoms. The Hall–Kier alpha value is -3.25. The summed E-state index contributed by atoms with van der Waals surface area (Å²) in [6, 6.07) is 17.1. The van der Waals surface area contributed by atoms with Gasteiger partial charge in [0.2, 0.25) is 0 Å². The predicted octanol–water partition coefficient (Wildman–Crippen LogP) is 4.17. The van der Waals surface area contributed by atoms with Gasteiger partial charge in [0.25, 0.3) is 11.5 Å². The van der Waals surface area contributed by atoms with Gasteiger partial charge in [0.1, 0.15) is 5.82 Å². The van der Waals surface area contributed by atoms with Gasteiger partial charge in [-0.05, 0) is 50.4 Å². The molecule has 0 radical (unpaired) electrons. The molecule has 0 fully saturated rings. The van der Waals surface area contributed by atoms with Crippen molar-refractivity contribution >= 4 is 5.91 Å². The number of benzene rings is 2. The molecule has 0 saturated heterocycles. The second kappa shape index (κ2) is 11.1. The summed E-state index contributed by atoms with van der Waals surface area (Å²) in [6.45, 7) is 8.86. The monoisotopic (exact) mass is 446 g/mol. The zero-order valence-corrected chi connectivity index (χ0v) is 20.0. The van der Waals surface area contributed by atoms with Gasteiger partial charge in [-0.2, -0.15) is 0 Å². The van der Waals surface area contributed by atoms with Gasteiger partial charge in [-0.3, -0.25) is 9.59 Å². The maximum atomic E-state index is 13.7. The first-order chi connectivity index (χ1) is 15.8. The molecule has 1 aromatic heterocycles. The first kappa shape index (κ1) is 24.4. The average molecular weight is 447 g/mol. The van der Waals surface area contributed by atoms with Crippen LogP contribution in [0.25, 0.3) is 0 Å². The van der Waals surface area contributed by atoms with Crippen LogP contribution in [0.3, 0.4) is 0 Å². The average Bonchev–Trinajstić information content (AvgIpc) is 2.79. The summed E-state index contributed by atoms with van der Waals surface area (Å²) in [5, 5.41) is 0. The molecular formula is C27H34N4O2. The van der Waals surface area contributed by atoms with Crippen LogP contribution in [-0.2, 0) is 6.42 Å². The molecular weight excluding hydrogens is 412 g/mol. The summed E-state index contributed by atoms with van der Waals surface area (Å²) in [4.78, 5) is 36.3. The molecule has 0 bridgehead atoms. The van der Waals surface area contributed by atoms with Gasteiger partial charge in [0, 0.05) is 24.1 Å². The van der Waals surface area contributed by atoms with Gasteiger partial charge in [-0.1, -0.05) is 61.9 Å². The van der Waals surface area contributed by atoms with Crippen molar-refractivity contribution in [1.29, 1.82) is 0 Å². The van der Waals surface area contributed by atoms with Gasteiger partial charge >= 0.3 is 0 Å². The number of carbonyl (C=O) groups excluding carboxylic acids is 1. The molecule has 1 unspecified atom stereocenters. The van der Waals surface area contributed by atoms with E-state index in [0.717, 1.165) is 11.1 Å². The highest BCUT2D eigenvalue weighted by atomic mass is 16.2. The van der Waals surface area contributed by atoms with E-state index in [2.05, 4.69) is 18.8 Å². The number of hydrogen-bond acceptors (Lipinski definition) is 4. The summed E-state index contributed by atoms with van der Waals surface area (Å²) < 4.78 is 0. The first-order valence-electron chi connectivity index (χ1n) is 11.5. The number of H-pyrrole nitrogens is 1. The third-order valence-electron chi connectivity index (χ3n) is 5.80. The number of nitrogens with zero attached hydrogens (tertiary/aromatic N) is 2. The van der Waals surface area contributed by atoms with E-state index in [1.165, 1.54) is 0 Å². The van der Waals surface area contributed by atoms with E-state index < -0.39 is 0 Å². The zero-order valence-electron chi connectivity index (χ0n) is 20.0. The lowest BCUT2D eigenvalue weighted by Crippen LogP contribution is -2.41. The standard InChI is InChI=1S/C27H34N4O2/c1-18(2)25(31(16-8-15-28)27(33)22-13-11-19(3)12-14-22)24-23(26(32)30-20(4)29-24)17-21-9-6-5-7-10-21/h5-7,9-14,18,25H,8,15-17,28H2,1-4H3,(H,29,30,32). The SMILES string of the molecule is Cc1ccc(C(=O)N(CCCN)C(c2nc(C)[nH]c(=O)c2Cc2ccccc2)C(C)C)cc1. The summed E-state index contributed by atoms with van der Waals surface area (Å²) in [7, 11) is 0. The Kier molecular flexibility index (Phi) is 8.17. The van der Waals surface area contributed by atoms with E-state index in [1.807, 2.05) is 66.4 Å². The molecule has 0 aliphatic carbocycles. The number of nitrogens with two attached hydrogens (primary N) is 1. The first-order valence-corrected chi connectivity index (χ1v) is 11.5. The molecule has 1 atom stereocenters. The quantitative estimate of drug-likeness (QED) is 0.516. The topological polar surface area (TPSA) is 92.1 Å². The Morgan fingerprint density at radius 2 is 1.73 bits per heavy atom. The van der Waals surface area contributed by atoms with E-state index in [-0.39, 0.29) is 23.4 Å².